The molecular weight excluding hydrogens is 272 g/mol. The zero-order valence-electron chi connectivity index (χ0n) is 12.8. The third-order valence-electron chi connectivity index (χ3n) is 4.62. The van der Waals surface area contributed by atoms with Gasteiger partial charge in [0.25, 0.3) is 0 Å². The maximum Gasteiger partial charge on any atom is 0.0741 e. The Labute approximate surface area is 128 Å². The van der Waals surface area contributed by atoms with Gasteiger partial charge in [-0.3, -0.25) is 4.90 Å². The Bertz CT molecular complexity index is 324. The number of ether oxygens (including phenoxy) is 2. The monoisotopic (exact) mass is 300 g/mol. The van der Waals surface area contributed by atoms with Crippen molar-refractivity contribution in [3.63, 3.8) is 0 Å². The lowest BCUT2D eigenvalue weighted by Gasteiger charge is -2.47. The van der Waals surface area contributed by atoms with Crippen molar-refractivity contribution < 1.29 is 9.47 Å². The highest BCUT2D eigenvalue weighted by atomic mass is 32.1. The molecule has 0 aliphatic carbocycles. The minimum absolute atomic E-state index is 0.0531. The molecule has 4 nitrogen and oxygen atoms in total. The van der Waals surface area contributed by atoms with Gasteiger partial charge in [0.1, 0.15) is 0 Å². The van der Waals surface area contributed by atoms with Crippen LogP contribution in [-0.4, -0.2) is 53.9 Å². The minimum Gasteiger partial charge on any atom is -0.393 e. The topological polar surface area (TPSA) is 47.7 Å². The molecule has 0 bridgehead atoms. The smallest absolute Gasteiger partial charge is 0.0741 e. The highest BCUT2D eigenvalue weighted by Crippen LogP contribution is 2.36. The molecule has 1 spiro atoms. The van der Waals surface area contributed by atoms with E-state index in [4.69, 9.17) is 27.4 Å². The molecule has 0 aromatic heterocycles. The zero-order chi connectivity index (χ0) is 14.6. The molecule has 2 saturated heterocycles. The molecule has 0 aromatic carbocycles. The van der Waals surface area contributed by atoms with Crippen molar-refractivity contribution in [3.05, 3.63) is 0 Å². The van der Waals surface area contributed by atoms with Gasteiger partial charge in [-0.1, -0.05) is 12.2 Å². The van der Waals surface area contributed by atoms with Crippen LogP contribution in [0, 0.1) is 0 Å². The van der Waals surface area contributed by atoms with Crippen LogP contribution in [0.1, 0.15) is 46.0 Å². The van der Waals surface area contributed by atoms with Crippen LogP contribution in [-0.2, 0) is 9.47 Å². The third-order valence-corrected chi connectivity index (χ3v) is 4.82. The largest absolute Gasteiger partial charge is 0.393 e. The SMILES string of the molecule is CC(C)N(CCC(N)=S)C1CCOC2(CCOCC2)C1. The van der Waals surface area contributed by atoms with E-state index in [2.05, 4.69) is 18.7 Å². The van der Waals surface area contributed by atoms with Gasteiger partial charge < -0.3 is 15.2 Å². The van der Waals surface area contributed by atoms with E-state index in [0.29, 0.717) is 17.1 Å². The quantitative estimate of drug-likeness (QED) is 0.788. The second-order valence-corrected chi connectivity index (χ2v) is 6.86. The lowest BCUT2D eigenvalue weighted by Crippen LogP contribution is -2.53. The van der Waals surface area contributed by atoms with E-state index in [0.717, 1.165) is 58.5 Å². The first-order chi connectivity index (χ1) is 9.52. The fourth-order valence-electron chi connectivity index (χ4n) is 3.48. The number of hydrogen-bond donors (Lipinski definition) is 1. The molecule has 0 aromatic rings. The summed E-state index contributed by atoms with van der Waals surface area (Å²) in [4.78, 5) is 3.17. The van der Waals surface area contributed by atoms with Crippen LogP contribution in [0.25, 0.3) is 0 Å². The summed E-state index contributed by atoms with van der Waals surface area (Å²) >= 11 is 5.03. The molecule has 1 atom stereocenters. The Morgan fingerprint density at radius 2 is 2.05 bits per heavy atom. The summed E-state index contributed by atoms with van der Waals surface area (Å²) in [7, 11) is 0. The summed E-state index contributed by atoms with van der Waals surface area (Å²) < 4.78 is 11.6. The lowest BCUT2D eigenvalue weighted by molar-refractivity contribution is -0.153. The van der Waals surface area contributed by atoms with Gasteiger partial charge in [0, 0.05) is 44.9 Å². The summed E-state index contributed by atoms with van der Waals surface area (Å²) in [5, 5.41) is 0. The van der Waals surface area contributed by atoms with Crippen LogP contribution in [0.2, 0.25) is 0 Å². The molecule has 0 radical (unpaired) electrons. The van der Waals surface area contributed by atoms with Gasteiger partial charge in [0.2, 0.25) is 0 Å². The molecule has 2 N–H and O–H groups in total. The molecule has 2 aliphatic heterocycles. The molecule has 2 heterocycles. The van der Waals surface area contributed by atoms with Gasteiger partial charge in [-0.2, -0.15) is 0 Å². The van der Waals surface area contributed by atoms with Gasteiger partial charge in [0.05, 0.1) is 10.6 Å². The molecule has 2 fully saturated rings. The van der Waals surface area contributed by atoms with E-state index in [9.17, 15) is 0 Å². The average Bonchev–Trinajstić information content (AvgIpc) is 2.39. The van der Waals surface area contributed by atoms with E-state index >= 15 is 0 Å². The Morgan fingerprint density at radius 1 is 1.35 bits per heavy atom. The van der Waals surface area contributed by atoms with Gasteiger partial charge in [-0.05, 0) is 39.5 Å². The van der Waals surface area contributed by atoms with E-state index in [1.807, 2.05) is 0 Å². The third kappa shape index (κ3) is 4.13. The van der Waals surface area contributed by atoms with E-state index in [1.54, 1.807) is 0 Å². The van der Waals surface area contributed by atoms with Crippen LogP contribution in [0.5, 0.6) is 0 Å². The van der Waals surface area contributed by atoms with Crippen LogP contribution < -0.4 is 5.73 Å². The summed E-state index contributed by atoms with van der Waals surface area (Å²) in [6.07, 6.45) is 5.10. The molecular formula is C15H28N2O2S. The number of rotatable bonds is 5. The highest BCUT2D eigenvalue weighted by Gasteiger charge is 2.41. The molecule has 1 unspecified atom stereocenters. The fourth-order valence-corrected chi connectivity index (χ4v) is 3.57. The summed E-state index contributed by atoms with van der Waals surface area (Å²) in [6, 6.07) is 1.10. The van der Waals surface area contributed by atoms with Gasteiger partial charge in [0.15, 0.2) is 0 Å². The van der Waals surface area contributed by atoms with Gasteiger partial charge in [-0.25, -0.2) is 0 Å². The molecule has 20 heavy (non-hydrogen) atoms. The molecule has 5 heteroatoms. The predicted molar refractivity (Wildman–Crippen MR) is 85.0 cm³/mol. The van der Waals surface area contributed by atoms with Crippen molar-refractivity contribution in [2.24, 2.45) is 5.73 Å². The van der Waals surface area contributed by atoms with Crippen LogP contribution in [0.3, 0.4) is 0 Å². The highest BCUT2D eigenvalue weighted by molar-refractivity contribution is 7.80. The maximum absolute atomic E-state index is 6.14. The average molecular weight is 300 g/mol. The van der Waals surface area contributed by atoms with E-state index in [-0.39, 0.29) is 5.60 Å². The Morgan fingerprint density at radius 3 is 2.65 bits per heavy atom. The van der Waals surface area contributed by atoms with E-state index in [1.165, 1.54) is 0 Å². The first-order valence-corrected chi connectivity index (χ1v) is 8.19. The van der Waals surface area contributed by atoms with Gasteiger partial charge in [-0.15, -0.1) is 0 Å². The second-order valence-electron chi connectivity index (χ2n) is 6.34. The number of nitrogens with two attached hydrogens (primary N) is 1. The van der Waals surface area contributed by atoms with E-state index < -0.39 is 0 Å². The van der Waals surface area contributed by atoms with Crippen LogP contribution in [0.4, 0.5) is 0 Å². The molecule has 2 rings (SSSR count). The minimum atomic E-state index is 0.0531. The van der Waals surface area contributed by atoms with Crippen molar-refractivity contribution in [1.82, 2.24) is 4.90 Å². The van der Waals surface area contributed by atoms with Crippen molar-refractivity contribution in [1.29, 1.82) is 0 Å². The van der Waals surface area contributed by atoms with Gasteiger partial charge >= 0.3 is 0 Å². The number of thiocarbonyl (C=S) groups is 1. The summed E-state index contributed by atoms with van der Waals surface area (Å²) in [6.45, 7) is 8.01. The first-order valence-electron chi connectivity index (χ1n) is 7.78. The second kappa shape index (κ2) is 7.16. The Balaban J connectivity index is 1.98. The standard InChI is InChI=1S/C15H28N2O2S/c1-12(2)17(7-3-14(16)20)13-4-8-19-15(11-13)5-9-18-10-6-15/h12-13H,3-11H2,1-2H3,(H2,16,20). The molecule has 0 saturated carbocycles. The number of hydrogen-bond acceptors (Lipinski definition) is 4. The Kier molecular flexibility index (Phi) is 5.78. The lowest BCUT2D eigenvalue weighted by atomic mass is 9.83. The normalized spacial score (nSPS) is 26.3. The maximum atomic E-state index is 6.14. The predicted octanol–water partition coefficient (Wildman–Crippen LogP) is 2.10. The van der Waals surface area contributed by atoms with Crippen molar-refractivity contribution in [2.75, 3.05) is 26.4 Å². The van der Waals surface area contributed by atoms with Crippen molar-refractivity contribution in [3.8, 4) is 0 Å². The summed E-state index contributed by atoms with van der Waals surface area (Å²) in [5.41, 5.74) is 5.72. The zero-order valence-corrected chi connectivity index (χ0v) is 13.6. The molecule has 0 amide bonds. The molecule has 2 aliphatic rings. The first kappa shape index (κ1) is 16.1. The fraction of sp³-hybridized carbons (Fsp3) is 0.933. The van der Waals surface area contributed by atoms with Crippen molar-refractivity contribution in [2.45, 2.75) is 63.6 Å². The molecule has 116 valence electrons. The van der Waals surface area contributed by atoms with Crippen LogP contribution in [0.15, 0.2) is 0 Å². The summed E-state index contributed by atoms with van der Waals surface area (Å²) in [5.74, 6) is 0. The van der Waals surface area contributed by atoms with Crippen LogP contribution >= 0.6 is 12.2 Å². The van der Waals surface area contributed by atoms with Crippen molar-refractivity contribution >= 4 is 17.2 Å². The Hall–Kier alpha value is -0.230. The number of nitrogens with zero attached hydrogens (tertiary/aromatic N) is 1.